The molecule has 0 aliphatic carbocycles. The number of pyridine rings is 1. The summed E-state index contributed by atoms with van der Waals surface area (Å²) >= 11 is 0. The van der Waals surface area contributed by atoms with E-state index in [1.165, 1.54) is 0 Å². The normalized spacial score (nSPS) is 11.8. The minimum atomic E-state index is -1.08. The van der Waals surface area contributed by atoms with Crippen molar-refractivity contribution < 1.29 is 9.47 Å². The second-order valence-corrected chi connectivity index (χ2v) is 14.2. The van der Waals surface area contributed by atoms with Crippen molar-refractivity contribution in [3.8, 4) is 5.75 Å². The van der Waals surface area contributed by atoms with Crippen molar-refractivity contribution >= 4 is 30.5 Å². The number of fused-ring (bicyclic) bond motifs is 1. The van der Waals surface area contributed by atoms with Gasteiger partial charge < -0.3 is 25.1 Å². The lowest BCUT2D eigenvalue weighted by Gasteiger charge is -2.16. The molecule has 0 saturated heterocycles. The minimum absolute atomic E-state index is 0.504. The van der Waals surface area contributed by atoms with Gasteiger partial charge >= 0.3 is 0 Å². The molecule has 0 aliphatic rings. The summed E-state index contributed by atoms with van der Waals surface area (Å²) < 4.78 is 13.6. The largest absolute Gasteiger partial charge is 0.496 e. The molecule has 0 fully saturated rings. The Labute approximate surface area is 174 Å². The molecule has 29 heavy (non-hydrogen) atoms. The minimum Gasteiger partial charge on any atom is -0.496 e. The van der Waals surface area contributed by atoms with Crippen LogP contribution in [0.3, 0.4) is 0 Å². The topological polar surface area (TPSA) is 74.3 Å². The molecule has 3 aromatic rings. The first-order valence-corrected chi connectivity index (χ1v) is 13.7. The van der Waals surface area contributed by atoms with Gasteiger partial charge in [-0.2, -0.15) is 0 Å². The molecule has 6 nitrogen and oxygen atoms in total. The molecule has 0 spiro atoms. The Morgan fingerprint density at radius 1 is 1.21 bits per heavy atom. The van der Waals surface area contributed by atoms with Crippen molar-refractivity contribution in [1.82, 2.24) is 9.55 Å². The van der Waals surface area contributed by atoms with Crippen LogP contribution in [0.2, 0.25) is 25.7 Å². The molecule has 156 valence electrons. The maximum atomic E-state index is 5.91. The number of methoxy groups -OCH3 is 1. The van der Waals surface area contributed by atoms with Gasteiger partial charge in [0.05, 0.1) is 12.5 Å². The van der Waals surface area contributed by atoms with Crippen LogP contribution in [0.4, 0.5) is 11.4 Å². The molecule has 3 N–H and O–H groups in total. The van der Waals surface area contributed by atoms with Gasteiger partial charge in [-0.3, -0.25) is 0 Å². The smallest absolute Gasteiger partial charge is 0.145 e. The van der Waals surface area contributed by atoms with Crippen molar-refractivity contribution in [2.75, 3.05) is 24.8 Å². The molecule has 0 amide bonds. The molecular weight excluding hydrogens is 380 g/mol. The molecule has 1 aromatic carbocycles. The Morgan fingerprint density at radius 3 is 2.72 bits per heavy atom. The van der Waals surface area contributed by atoms with Crippen LogP contribution in [0.25, 0.3) is 11.0 Å². The molecule has 0 radical (unpaired) electrons. The zero-order valence-electron chi connectivity index (χ0n) is 18.1. The van der Waals surface area contributed by atoms with Crippen LogP contribution in [-0.2, 0) is 18.0 Å². The van der Waals surface area contributed by atoms with E-state index in [2.05, 4.69) is 36.9 Å². The molecule has 2 aromatic heterocycles. The van der Waals surface area contributed by atoms with Gasteiger partial charge in [0.1, 0.15) is 18.1 Å². The number of nitrogens with zero attached hydrogens (tertiary/aromatic N) is 2. The number of aromatic nitrogens is 2. The predicted octanol–water partition coefficient (Wildman–Crippen LogP) is 4.86. The average molecular weight is 413 g/mol. The average Bonchev–Trinajstić information content (AvgIpc) is 3.08. The molecule has 0 atom stereocenters. The Kier molecular flexibility index (Phi) is 6.49. The highest BCUT2D eigenvalue weighted by Crippen LogP contribution is 2.30. The number of aryl methyl sites for hydroxylation is 1. The quantitative estimate of drug-likeness (QED) is 0.298. The van der Waals surface area contributed by atoms with Gasteiger partial charge in [-0.15, -0.1) is 0 Å². The first kappa shape index (κ1) is 21.2. The van der Waals surface area contributed by atoms with E-state index in [-0.39, 0.29) is 0 Å². The highest BCUT2D eigenvalue weighted by Gasteiger charge is 2.15. The van der Waals surface area contributed by atoms with Gasteiger partial charge in [-0.05, 0) is 36.7 Å². The number of anilines is 2. The van der Waals surface area contributed by atoms with Crippen molar-refractivity contribution in [2.45, 2.75) is 45.9 Å². The van der Waals surface area contributed by atoms with E-state index in [0.717, 1.165) is 51.9 Å². The maximum Gasteiger partial charge on any atom is 0.145 e. The number of benzene rings is 1. The number of rotatable bonds is 9. The van der Waals surface area contributed by atoms with Crippen molar-refractivity contribution in [2.24, 2.45) is 0 Å². The van der Waals surface area contributed by atoms with Crippen LogP contribution < -0.4 is 15.8 Å². The standard InChI is InChI=1S/C22H32N4O2Si/c1-16-6-7-18(23)12-20(16)24-13-17-14-25-22-19(21(17)27-2)8-9-26(22)15-28-10-11-29(3,4)5/h6-9,12,14,24H,10-11,13,15,23H2,1-5H3. The van der Waals surface area contributed by atoms with Crippen LogP contribution in [0.15, 0.2) is 36.7 Å². The van der Waals surface area contributed by atoms with Gasteiger partial charge in [-0.25, -0.2) is 4.98 Å². The summed E-state index contributed by atoms with van der Waals surface area (Å²) in [6, 6.07) is 9.06. The molecule has 0 unspecified atom stereocenters. The van der Waals surface area contributed by atoms with Crippen LogP contribution >= 0.6 is 0 Å². The fourth-order valence-corrected chi connectivity index (χ4v) is 3.95. The third-order valence-electron chi connectivity index (χ3n) is 4.97. The zero-order valence-corrected chi connectivity index (χ0v) is 19.1. The molecule has 0 bridgehead atoms. The summed E-state index contributed by atoms with van der Waals surface area (Å²) in [7, 11) is 0.615. The second-order valence-electron chi connectivity index (χ2n) is 8.62. The molecule has 0 saturated carbocycles. The lowest BCUT2D eigenvalue weighted by Crippen LogP contribution is -2.22. The van der Waals surface area contributed by atoms with E-state index in [4.69, 9.17) is 15.2 Å². The number of nitrogens with two attached hydrogens (primary N) is 1. The summed E-state index contributed by atoms with van der Waals surface area (Å²) in [6.45, 7) is 11.0. The monoisotopic (exact) mass is 412 g/mol. The van der Waals surface area contributed by atoms with E-state index in [0.29, 0.717) is 13.3 Å². The summed E-state index contributed by atoms with van der Waals surface area (Å²) in [5, 5.41) is 4.44. The number of hydrogen-bond acceptors (Lipinski definition) is 5. The van der Waals surface area contributed by atoms with Crippen LogP contribution in [-0.4, -0.2) is 31.3 Å². The van der Waals surface area contributed by atoms with Crippen LogP contribution in [0.5, 0.6) is 5.75 Å². The highest BCUT2D eigenvalue weighted by atomic mass is 28.3. The van der Waals surface area contributed by atoms with Gasteiger partial charge in [0.25, 0.3) is 0 Å². The number of nitrogens with one attached hydrogen (secondary N) is 1. The number of hydrogen-bond donors (Lipinski definition) is 2. The van der Waals surface area contributed by atoms with Crippen LogP contribution in [0.1, 0.15) is 11.1 Å². The lowest BCUT2D eigenvalue weighted by atomic mass is 10.1. The van der Waals surface area contributed by atoms with E-state index in [9.17, 15) is 0 Å². The summed E-state index contributed by atoms with van der Waals surface area (Å²) in [6.07, 6.45) is 3.88. The van der Waals surface area contributed by atoms with E-state index >= 15 is 0 Å². The SMILES string of the molecule is COc1c(CNc2cc(N)ccc2C)cnc2c1ccn2COCC[Si](C)(C)C. The van der Waals surface area contributed by atoms with Crippen molar-refractivity contribution in [3.05, 3.63) is 47.8 Å². The predicted molar refractivity (Wildman–Crippen MR) is 123 cm³/mol. The molecule has 7 heteroatoms. The Hall–Kier alpha value is -2.51. The highest BCUT2D eigenvalue weighted by molar-refractivity contribution is 6.76. The molecule has 2 heterocycles. The maximum absolute atomic E-state index is 5.91. The van der Waals surface area contributed by atoms with Crippen molar-refractivity contribution in [3.63, 3.8) is 0 Å². The van der Waals surface area contributed by atoms with E-state index < -0.39 is 8.07 Å². The lowest BCUT2D eigenvalue weighted by molar-refractivity contribution is 0.0899. The molecule has 3 rings (SSSR count). The zero-order chi connectivity index (χ0) is 21.0. The van der Waals surface area contributed by atoms with E-state index in [1.54, 1.807) is 7.11 Å². The van der Waals surface area contributed by atoms with E-state index in [1.807, 2.05) is 41.2 Å². The third kappa shape index (κ3) is 5.30. The van der Waals surface area contributed by atoms with Gasteiger partial charge in [0.15, 0.2) is 0 Å². The first-order chi connectivity index (χ1) is 13.8. The van der Waals surface area contributed by atoms with Gasteiger partial charge in [0, 0.05) is 50.6 Å². The summed E-state index contributed by atoms with van der Waals surface area (Å²) in [4.78, 5) is 4.68. The van der Waals surface area contributed by atoms with Gasteiger partial charge in [-0.1, -0.05) is 25.7 Å². The Bertz CT molecular complexity index is 979. The van der Waals surface area contributed by atoms with Crippen molar-refractivity contribution in [1.29, 1.82) is 0 Å². The summed E-state index contributed by atoms with van der Waals surface area (Å²) in [5.74, 6) is 0.838. The fraction of sp³-hybridized carbons (Fsp3) is 0.409. The number of ether oxygens (including phenoxy) is 2. The molecular formula is C22H32N4O2Si. The van der Waals surface area contributed by atoms with Gasteiger partial charge in [0.2, 0.25) is 0 Å². The Balaban J connectivity index is 1.74. The third-order valence-corrected chi connectivity index (χ3v) is 6.68. The number of nitrogen functional groups attached to an aromatic ring is 1. The fourth-order valence-electron chi connectivity index (χ4n) is 3.19. The molecule has 0 aliphatic heterocycles. The Morgan fingerprint density at radius 2 is 2.00 bits per heavy atom. The summed E-state index contributed by atoms with van der Waals surface area (Å²) in [5.41, 5.74) is 10.7. The first-order valence-electron chi connectivity index (χ1n) is 9.97. The van der Waals surface area contributed by atoms with Crippen LogP contribution in [0, 0.1) is 6.92 Å². The second kappa shape index (κ2) is 8.88.